The molecule has 4 N–H and O–H groups in total. The van der Waals surface area contributed by atoms with Crippen LogP contribution < -0.4 is 5.32 Å². The summed E-state index contributed by atoms with van der Waals surface area (Å²) in [6.07, 6.45) is 2.42. The van der Waals surface area contributed by atoms with Crippen LogP contribution in [0.1, 0.15) is 73.2 Å². The summed E-state index contributed by atoms with van der Waals surface area (Å²) in [5, 5.41) is 30.4. The van der Waals surface area contributed by atoms with Gasteiger partial charge >= 0.3 is 5.97 Å². The fourth-order valence-electron chi connectivity index (χ4n) is 5.06. The van der Waals surface area contributed by atoms with Gasteiger partial charge < -0.3 is 30.1 Å². The number of aliphatic hydroxyl groups is 2. The molecule has 0 saturated carbocycles. The van der Waals surface area contributed by atoms with E-state index in [0.29, 0.717) is 38.0 Å². The van der Waals surface area contributed by atoms with Gasteiger partial charge in [-0.05, 0) is 52.8 Å². The van der Waals surface area contributed by atoms with Crippen LogP contribution >= 0.6 is 11.8 Å². The van der Waals surface area contributed by atoms with Crippen molar-refractivity contribution in [3.8, 4) is 11.1 Å². The SMILES string of the molecule is O=C(O)CCCCCC(=O)NCc1cccc(-c2cccc(C3OC(CSCCO)CC(c4ccc(CO)cc4)O3)c2)c1. The second-order valence-corrected chi connectivity index (χ2v) is 11.9. The van der Waals surface area contributed by atoms with Crippen LogP contribution in [0.4, 0.5) is 0 Å². The van der Waals surface area contributed by atoms with Crippen molar-refractivity contribution < 1.29 is 34.4 Å². The minimum absolute atomic E-state index is 0.00545. The van der Waals surface area contributed by atoms with Crippen molar-refractivity contribution in [2.24, 2.45) is 0 Å². The maximum Gasteiger partial charge on any atom is 0.303 e. The number of aliphatic hydroxyl groups excluding tert-OH is 2. The number of hydrogen-bond acceptors (Lipinski definition) is 7. The van der Waals surface area contributed by atoms with Crippen LogP contribution in [0, 0.1) is 0 Å². The summed E-state index contributed by atoms with van der Waals surface area (Å²) in [6, 6.07) is 24.0. The van der Waals surface area contributed by atoms with Crippen molar-refractivity contribution in [3.05, 3.63) is 95.1 Å². The maximum atomic E-state index is 12.3. The lowest BCUT2D eigenvalue weighted by atomic mass is 9.99. The molecule has 1 heterocycles. The molecule has 0 radical (unpaired) electrons. The Kier molecular flexibility index (Phi) is 13.1. The van der Waals surface area contributed by atoms with Crippen LogP contribution in [0.15, 0.2) is 72.8 Å². The number of amides is 1. The molecule has 3 aromatic rings. The Morgan fingerprint density at radius 2 is 1.58 bits per heavy atom. The van der Waals surface area contributed by atoms with Gasteiger partial charge in [-0.15, -0.1) is 0 Å². The molecule has 43 heavy (non-hydrogen) atoms. The number of rotatable bonds is 16. The Hall–Kier alpha value is -3.21. The number of carbonyl (C=O) groups excluding carboxylic acids is 1. The lowest BCUT2D eigenvalue weighted by Gasteiger charge is -2.36. The second kappa shape index (κ2) is 17.2. The number of aliphatic carboxylic acids is 1. The standard InChI is InChI=1S/C34H41NO7S/c36-16-17-43-23-30-20-31(26-14-12-24(22-37)13-15-26)42-34(41-30)29-9-5-8-28(19-29)27-7-4-6-25(18-27)21-35-32(38)10-2-1-3-11-33(39)40/h4-9,12-15,18-19,30-31,34,36-37H,1-3,10-11,16-17,20-23H2,(H,35,38)(H,39,40). The van der Waals surface area contributed by atoms with Crippen LogP contribution in [0.25, 0.3) is 11.1 Å². The molecule has 9 heteroatoms. The van der Waals surface area contributed by atoms with Crippen LogP contribution in [0.2, 0.25) is 0 Å². The Labute approximate surface area is 257 Å². The van der Waals surface area contributed by atoms with Crippen LogP contribution in [0.3, 0.4) is 0 Å². The number of benzene rings is 3. The summed E-state index contributed by atoms with van der Waals surface area (Å²) in [7, 11) is 0. The minimum Gasteiger partial charge on any atom is -0.481 e. The van der Waals surface area contributed by atoms with E-state index < -0.39 is 12.3 Å². The fraction of sp³-hybridized carbons (Fsp3) is 0.412. The number of unbranched alkanes of at least 4 members (excludes halogenated alkanes) is 2. The van der Waals surface area contributed by atoms with Crippen LogP contribution in [-0.2, 0) is 32.2 Å². The molecule has 3 aromatic carbocycles. The first-order valence-electron chi connectivity index (χ1n) is 14.8. The molecule has 0 spiro atoms. The summed E-state index contributed by atoms with van der Waals surface area (Å²) in [5.74, 6) is 0.559. The molecule has 3 atom stereocenters. The lowest BCUT2D eigenvalue weighted by molar-refractivity contribution is -0.245. The zero-order chi connectivity index (χ0) is 30.4. The molecule has 1 saturated heterocycles. The van der Waals surface area contributed by atoms with E-state index in [4.69, 9.17) is 14.6 Å². The van der Waals surface area contributed by atoms with Crippen molar-refractivity contribution in [2.45, 2.75) is 70.2 Å². The molecular weight excluding hydrogens is 566 g/mol. The minimum atomic E-state index is -0.805. The van der Waals surface area contributed by atoms with E-state index in [9.17, 15) is 19.8 Å². The highest BCUT2D eigenvalue weighted by molar-refractivity contribution is 7.99. The normalized spacial score (nSPS) is 18.3. The van der Waals surface area contributed by atoms with Crippen molar-refractivity contribution in [1.29, 1.82) is 0 Å². The lowest BCUT2D eigenvalue weighted by Crippen LogP contribution is -2.31. The van der Waals surface area contributed by atoms with Gasteiger partial charge in [0.15, 0.2) is 6.29 Å². The van der Waals surface area contributed by atoms with Crippen LogP contribution in [0.5, 0.6) is 0 Å². The fourth-order valence-corrected chi connectivity index (χ4v) is 5.83. The van der Waals surface area contributed by atoms with E-state index in [1.165, 1.54) is 0 Å². The van der Waals surface area contributed by atoms with Gasteiger partial charge in [0.2, 0.25) is 5.91 Å². The highest BCUT2D eigenvalue weighted by Gasteiger charge is 2.32. The first-order chi connectivity index (χ1) is 20.9. The first kappa shape index (κ1) is 32.7. The monoisotopic (exact) mass is 607 g/mol. The van der Waals surface area contributed by atoms with E-state index in [2.05, 4.69) is 17.4 Å². The van der Waals surface area contributed by atoms with Gasteiger partial charge in [-0.1, -0.05) is 67.1 Å². The Bertz CT molecular complexity index is 1320. The number of carboxylic acid groups (broad SMARTS) is 1. The molecule has 1 amide bonds. The van der Waals surface area contributed by atoms with E-state index in [1.807, 2.05) is 60.7 Å². The van der Waals surface area contributed by atoms with E-state index in [-0.39, 0.29) is 37.7 Å². The van der Waals surface area contributed by atoms with Crippen LogP contribution in [-0.4, -0.2) is 51.4 Å². The molecule has 0 bridgehead atoms. The van der Waals surface area contributed by atoms with Gasteiger partial charge in [-0.2, -0.15) is 11.8 Å². The van der Waals surface area contributed by atoms with E-state index in [1.54, 1.807) is 11.8 Å². The van der Waals surface area contributed by atoms with E-state index in [0.717, 1.165) is 45.6 Å². The number of carbonyl (C=O) groups is 2. The first-order valence-corrected chi connectivity index (χ1v) is 16.0. The van der Waals surface area contributed by atoms with Gasteiger partial charge in [-0.3, -0.25) is 9.59 Å². The quantitative estimate of drug-likeness (QED) is 0.151. The summed E-state index contributed by atoms with van der Waals surface area (Å²) in [6.45, 7) is 0.539. The smallest absolute Gasteiger partial charge is 0.303 e. The molecule has 3 unspecified atom stereocenters. The van der Waals surface area contributed by atoms with Gasteiger partial charge in [0.1, 0.15) is 0 Å². The second-order valence-electron chi connectivity index (χ2n) is 10.7. The zero-order valence-electron chi connectivity index (χ0n) is 24.3. The molecule has 230 valence electrons. The third-order valence-electron chi connectivity index (χ3n) is 7.36. The van der Waals surface area contributed by atoms with Crippen molar-refractivity contribution in [1.82, 2.24) is 5.32 Å². The zero-order valence-corrected chi connectivity index (χ0v) is 25.1. The van der Waals surface area contributed by atoms with Crippen molar-refractivity contribution in [2.75, 3.05) is 18.1 Å². The topological polar surface area (TPSA) is 125 Å². The summed E-state index contributed by atoms with van der Waals surface area (Å²) < 4.78 is 12.9. The highest BCUT2D eigenvalue weighted by atomic mass is 32.2. The number of carboxylic acids is 1. The number of nitrogens with one attached hydrogen (secondary N) is 1. The largest absolute Gasteiger partial charge is 0.481 e. The number of thioether (sulfide) groups is 1. The summed E-state index contributed by atoms with van der Waals surface area (Å²) in [4.78, 5) is 22.9. The van der Waals surface area contributed by atoms with Gasteiger partial charge in [0.25, 0.3) is 0 Å². The number of hydrogen-bond donors (Lipinski definition) is 4. The molecule has 1 aliphatic heterocycles. The summed E-state index contributed by atoms with van der Waals surface area (Å²) in [5.41, 5.74) is 5.81. The van der Waals surface area contributed by atoms with Crippen molar-refractivity contribution in [3.63, 3.8) is 0 Å². The molecule has 1 fully saturated rings. The Morgan fingerprint density at radius 3 is 2.33 bits per heavy atom. The summed E-state index contributed by atoms with van der Waals surface area (Å²) >= 11 is 1.66. The predicted molar refractivity (Wildman–Crippen MR) is 167 cm³/mol. The van der Waals surface area contributed by atoms with Crippen molar-refractivity contribution >= 4 is 23.6 Å². The third kappa shape index (κ3) is 10.5. The van der Waals surface area contributed by atoms with Gasteiger partial charge in [0.05, 0.1) is 25.4 Å². The molecular formula is C34H41NO7S. The maximum absolute atomic E-state index is 12.3. The molecule has 0 aromatic heterocycles. The predicted octanol–water partition coefficient (Wildman–Crippen LogP) is 5.77. The number of ether oxygens (including phenoxy) is 2. The van der Waals surface area contributed by atoms with Gasteiger partial charge in [-0.25, -0.2) is 0 Å². The molecule has 4 rings (SSSR count). The highest BCUT2D eigenvalue weighted by Crippen LogP contribution is 2.39. The average Bonchev–Trinajstić information content (AvgIpc) is 3.04. The third-order valence-corrected chi connectivity index (χ3v) is 8.44. The Balaban J connectivity index is 1.42. The van der Waals surface area contributed by atoms with Gasteiger partial charge in [0, 0.05) is 42.9 Å². The van der Waals surface area contributed by atoms with E-state index >= 15 is 0 Å². The average molecular weight is 608 g/mol. The molecule has 0 aliphatic carbocycles. The Morgan fingerprint density at radius 1 is 0.837 bits per heavy atom. The molecule has 8 nitrogen and oxygen atoms in total. The molecule has 1 aliphatic rings.